The molecule has 0 aromatic carbocycles. The van der Waals surface area contributed by atoms with E-state index in [1.54, 1.807) is 0 Å². The van der Waals surface area contributed by atoms with Gasteiger partial charge in [0.25, 0.3) is 6.08 Å². The summed E-state index contributed by atoms with van der Waals surface area (Å²) in [5.74, 6) is -4.17. The van der Waals surface area contributed by atoms with E-state index in [0.717, 1.165) is 0 Å². The van der Waals surface area contributed by atoms with Crippen LogP contribution in [0.4, 0.5) is 70.2 Å². The summed E-state index contributed by atoms with van der Waals surface area (Å²) >= 11 is 1.51. The Morgan fingerprint density at radius 3 is 1.00 bits per heavy atom. The van der Waals surface area contributed by atoms with Gasteiger partial charge in [-0.2, -0.15) is 57.1 Å². The first kappa shape index (κ1) is 34.6. The lowest BCUT2D eigenvalue weighted by atomic mass is 10.3. The molecule has 0 aromatic rings. The van der Waals surface area contributed by atoms with Crippen LogP contribution in [-0.2, 0) is 4.74 Å². The molecule has 0 bridgehead atoms. The van der Waals surface area contributed by atoms with Gasteiger partial charge in [0.2, 0.25) is 0 Å². The first-order valence-corrected chi connectivity index (χ1v) is 6.21. The van der Waals surface area contributed by atoms with E-state index in [4.69, 9.17) is 0 Å². The SMILES string of the molecule is C=C(F)F.C=CC(F)(F)C(F)(F)Br.FC(F)=C(F)F.FC(F)=C(F)OC(F)(F)F. The highest BCUT2D eigenvalue weighted by Crippen LogP contribution is 2.39. The molecule has 0 aromatic heterocycles. The second-order valence-electron chi connectivity index (χ2n) is 3.27. The molecule has 0 aliphatic heterocycles. The van der Waals surface area contributed by atoms with Crippen molar-refractivity contribution in [3.05, 3.63) is 49.6 Å². The van der Waals surface area contributed by atoms with Crippen molar-refractivity contribution in [3.63, 3.8) is 0 Å². The van der Waals surface area contributed by atoms with Crippen LogP contribution in [0, 0.1) is 0 Å². The van der Waals surface area contributed by atoms with E-state index in [-0.39, 0.29) is 6.08 Å². The summed E-state index contributed by atoms with van der Waals surface area (Å²) in [6.07, 6.45) is -16.3. The van der Waals surface area contributed by atoms with Gasteiger partial charge >= 0.3 is 41.4 Å². The van der Waals surface area contributed by atoms with Crippen molar-refractivity contribution >= 4 is 15.9 Å². The molecule has 0 amide bonds. The summed E-state index contributed by atoms with van der Waals surface area (Å²) < 4.78 is 176. The lowest BCUT2D eigenvalue weighted by molar-refractivity contribution is -0.315. The average molecular weight is 537 g/mol. The smallest absolute Gasteiger partial charge is 0.374 e. The zero-order valence-corrected chi connectivity index (χ0v) is 14.4. The maximum absolute atomic E-state index is 11.7. The monoisotopic (exact) mass is 536 g/mol. The number of allylic oxidation sites excluding steroid dienone is 1. The van der Waals surface area contributed by atoms with Crippen LogP contribution in [0.2, 0.25) is 0 Å². The Bertz CT molecular complexity index is 532. The Morgan fingerprint density at radius 1 is 0.690 bits per heavy atom. The molecule has 0 heterocycles. The number of ether oxygens (including phenoxy) is 1. The van der Waals surface area contributed by atoms with E-state index in [9.17, 15) is 70.2 Å². The molecule has 0 spiro atoms. The Kier molecular flexibility index (Phi) is 17.9. The van der Waals surface area contributed by atoms with Crippen LogP contribution in [0.5, 0.6) is 0 Å². The van der Waals surface area contributed by atoms with Gasteiger partial charge in [-0.05, 0) is 28.6 Å². The Morgan fingerprint density at radius 2 is 0.966 bits per heavy atom. The maximum Gasteiger partial charge on any atom is 0.574 e. The largest absolute Gasteiger partial charge is 0.574 e. The number of hydrogen-bond donors (Lipinski definition) is 0. The fourth-order valence-corrected chi connectivity index (χ4v) is 0.418. The summed E-state index contributed by atoms with van der Waals surface area (Å²) in [6, 6.07) is -2.92. The summed E-state index contributed by atoms with van der Waals surface area (Å²) in [6.45, 7) is 4.76. The molecule has 0 radical (unpaired) electrons. The van der Waals surface area contributed by atoms with Crippen molar-refractivity contribution in [3.8, 4) is 0 Å². The second kappa shape index (κ2) is 15.0. The van der Waals surface area contributed by atoms with Gasteiger partial charge in [-0.1, -0.05) is 6.58 Å². The molecule has 29 heavy (non-hydrogen) atoms. The predicted octanol–water partition coefficient (Wildman–Crippen LogP) is 8.74. The van der Waals surface area contributed by atoms with Crippen LogP contribution in [0.25, 0.3) is 0 Å². The highest BCUT2D eigenvalue weighted by Gasteiger charge is 2.51. The van der Waals surface area contributed by atoms with Crippen molar-refractivity contribution in [2.24, 2.45) is 0 Å². The summed E-state index contributed by atoms with van der Waals surface area (Å²) in [7, 11) is 0. The maximum atomic E-state index is 11.7. The fraction of sp³-hybridized carbons (Fsp3) is 0.273. The van der Waals surface area contributed by atoms with Crippen molar-refractivity contribution < 1.29 is 75.0 Å². The van der Waals surface area contributed by atoms with Crippen LogP contribution >= 0.6 is 15.9 Å². The quantitative estimate of drug-likeness (QED) is 0.152. The number of rotatable bonds is 3. The molecule has 0 N–H and O–H groups in total. The molecule has 174 valence electrons. The molecule has 0 aliphatic carbocycles. The Hall–Kier alpha value is -1.88. The van der Waals surface area contributed by atoms with Gasteiger partial charge in [-0.15, -0.1) is 13.2 Å². The Labute approximate surface area is 158 Å². The molecule has 0 atom stereocenters. The molecule has 0 aliphatic rings. The van der Waals surface area contributed by atoms with Crippen molar-refractivity contribution in [2.45, 2.75) is 17.1 Å². The second-order valence-corrected chi connectivity index (χ2v) is 4.26. The third-order valence-corrected chi connectivity index (χ3v) is 1.66. The van der Waals surface area contributed by atoms with Gasteiger partial charge in [-0.25, -0.2) is 0 Å². The van der Waals surface area contributed by atoms with Crippen molar-refractivity contribution in [2.75, 3.05) is 0 Å². The number of alkyl halides is 8. The topological polar surface area (TPSA) is 9.23 Å². The highest BCUT2D eigenvalue weighted by atomic mass is 79.9. The van der Waals surface area contributed by atoms with Crippen LogP contribution in [0.3, 0.4) is 0 Å². The van der Waals surface area contributed by atoms with Gasteiger partial charge in [0, 0.05) is 0 Å². The first-order chi connectivity index (χ1) is 12.5. The van der Waals surface area contributed by atoms with Gasteiger partial charge in [0.05, 0.1) is 0 Å². The molecule has 0 fully saturated rings. The molecule has 0 saturated heterocycles. The zero-order chi connectivity index (χ0) is 24.8. The van der Waals surface area contributed by atoms with E-state index in [2.05, 4.69) is 17.9 Å². The third-order valence-electron chi connectivity index (χ3n) is 1.13. The predicted molar refractivity (Wildman–Crippen MR) is 69.3 cm³/mol. The lowest BCUT2D eigenvalue weighted by Crippen LogP contribution is -2.32. The molecule has 1 nitrogen and oxygen atoms in total. The summed E-state index contributed by atoms with van der Waals surface area (Å²) in [4.78, 5) is -4.19. The van der Waals surface area contributed by atoms with Crippen molar-refractivity contribution in [1.29, 1.82) is 0 Å². The number of halogens is 17. The van der Waals surface area contributed by atoms with Gasteiger partial charge < -0.3 is 4.74 Å². The lowest BCUT2D eigenvalue weighted by Gasteiger charge is -2.16. The molecule has 18 heteroatoms. The minimum absolute atomic E-state index is 0.109. The van der Waals surface area contributed by atoms with E-state index in [1.165, 1.54) is 15.9 Å². The van der Waals surface area contributed by atoms with E-state index < -0.39 is 47.5 Å². The van der Waals surface area contributed by atoms with Gasteiger partial charge in [0.1, 0.15) is 0 Å². The fourth-order valence-electron chi connectivity index (χ4n) is 0.256. The molecule has 0 rings (SSSR count). The van der Waals surface area contributed by atoms with Gasteiger partial charge in [-0.3, -0.25) is 0 Å². The molecular weight excluding hydrogens is 532 g/mol. The van der Waals surface area contributed by atoms with E-state index >= 15 is 0 Å². The highest BCUT2D eigenvalue weighted by molar-refractivity contribution is 9.10. The summed E-state index contributed by atoms with van der Waals surface area (Å²) in [5, 5.41) is 0. The van der Waals surface area contributed by atoms with E-state index in [0.29, 0.717) is 0 Å². The van der Waals surface area contributed by atoms with E-state index in [1.807, 2.05) is 0 Å². The minimum Gasteiger partial charge on any atom is -0.374 e. The zero-order valence-electron chi connectivity index (χ0n) is 12.8. The van der Waals surface area contributed by atoms with Crippen LogP contribution in [0.15, 0.2) is 49.6 Å². The standard InChI is InChI=1S/C4H3BrF4.C3F6O.C2F4.C2H2F2/c1-2-3(6,7)4(5,8)9;4-1(5)2(6)10-3(7,8)9;3-1(4)2(5)6;1-2(3)4/h2H,1H2;;;1H2. The third kappa shape index (κ3) is 28.4. The normalized spacial score (nSPS) is 10.5. The Balaban J connectivity index is -0.000000151. The van der Waals surface area contributed by atoms with Crippen LogP contribution in [0.1, 0.15) is 0 Å². The van der Waals surface area contributed by atoms with Gasteiger partial charge in [0.15, 0.2) is 0 Å². The van der Waals surface area contributed by atoms with Crippen molar-refractivity contribution in [1.82, 2.24) is 0 Å². The van der Waals surface area contributed by atoms with Crippen LogP contribution < -0.4 is 0 Å². The van der Waals surface area contributed by atoms with Crippen LogP contribution in [-0.4, -0.2) is 17.1 Å². The average Bonchev–Trinajstić information content (AvgIpc) is 2.44. The molecular formula is C11H5BrF16O. The first-order valence-electron chi connectivity index (χ1n) is 5.42. The minimum atomic E-state index is -5.41. The molecule has 0 unspecified atom stereocenters. The molecule has 0 saturated carbocycles. The summed E-state index contributed by atoms with van der Waals surface area (Å²) in [5.41, 5.74) is 0. The number of hydrogen-bond acceptors (Lipinski definition) is 1.